The molecule has 1 aliphatic rings. The summed E-state index contributed by atoms with van der Waals surface area (Å²) in [4.78, 5) is 54.6. The van der Waals surface area contributed by atoms with Crippen LogP contribution in [0.5, 0.6) is 11.5 Å². The van der Waals surface area contributed by atoms with Crippen molar-refractivity contribution in [2.75, 3.05) is 10.6 Å². The Kier molecular flexibility index (Phi) is 12.2. The van der Waals surface area contributed by atoms with Crippen molar-refractivity contribution in [3.8, 4) is 11.5 Å². The number of phenols is 2. The van der Waals surface area contributed by atoms with Gasteiger partial charge in [0, 0.05) is 11.1 Å². The van der Waals surface area contributed by atoms with Crippen LogP contribution >= 0.6 is 0 Å². The summed E-state index contributed by atoms with van der Waals surface area (Å²) >= 11 is 0. The Hall–Kier alpha value is -5.24. The van der Waals surface area contributed by atoms with Crippen molar-refractivity contribution in [2.24, 2.45) is 0 Å². The highest BCUT2D eigenvalue weighted by Crippen LogP contribution is 2.42. The van der Waals surface area contributed by atoms with Crippen molar-refractivity contribution >= 4 is 34.8 Å². The fourth-order valence-electron chi connectivity index (χ4n) is 6.47. The van der Waals surface area contributed by atoms with Crippen molar-refractivity contribution in [1.29, 1.82) is 0 Å². The van der Waals surface area contributed by atoms with Crippen LogP contribution in [0.2, 0.25) is 0 Å². The molecule has 8 nitrogen and oxygen atoms in total. The van der Waals surface area contributed by atoms with Gasteiger partial charge >= 0.3 is 0 Å². The molecule has 0 saturated carbocycles. The number of carbonyl (C=O) groups excluding carboxylic acids is 4. The quantitative estimate of drug-likeness (QED) is 0.0609. The van der Waals surface area contributed by atoms with Crippen LogP contribution in [0, 0.1) is 0 Å². The summed E-state index contributed by atoms with van der Waals surface area (Å²) in [5.41, 5.74) is 1.93. The van der Waals surface area contributed by atoms with Gasteiger partial charge in [0.15, 0.2) is 5.78 Å². The van der Waals surface area contributed by atoms with Crippen LogP contribution in [0.1, 0.15) is 142 Å². The van der Waals surface area contributed by atoms with Gasteiger partial charge in [-0.2, -0.15) is 0 Å². The van der Waals surface area contributed by atoms with Gasteiger partial charge in [-0.1, -0.05) is 89.5 Å². The Labute approximate surface area is 294 Å². The maximum Gasteiger partial charge on any atom is 0.255 e. The number of aromatic hydroxyl groups is 2. The van der Waals surface area contributed by atoms with Crippen LogP contribution in [0.3, 0.4) is 0 Å². The SMILES string of the molecule is CCCCCCCc1ccc(C(=O)Nc2ccc(O)c3c2C(=O)c2c(NC(=O)c4ccc(CCCCCCC)cc4)ccc(O)c2C3=O)cc1. The van der Waals surface area contributed by atoms with E-state index >= 15 is 0 Å². The molecular weight excluding hydrogens is 628 g/mol. The summed E-state index contributed by atoms with van der Waals surface area (Å²) in [6, 6.07) is 19.7. The van der Waals surface area contributed by atoms with Crippen molar-refractivity contribution in [2.45, 2.75) is 90.9 Å². The third-order valence-electron chi connectivity index (χ3n) is 9.34. The van der Waals surface area contributed by atoms with E-state index < -0.39 is 34.9 Å². The molecule has 0 spiro atoms. The second-order valence-electron chi connectivity index (χ2n) is 13.1. The zero-order valence-corrected chi connectivity index (χ0v) is 28.9. The van der Waals surface area contributed by atoms with Crippen LogP contribution < -0.4 is 10.6 Å². The molecule has 2 amide bonds. The second-order valence-corrected chi connectivity index (χ2v) is 13.1. The number of carbonyl (C=O) groups is 4. The number of phenolic OH excluding ortho intramolecular Hbond substituents is 2. The number of anilines is 2. The molecule has 8 heteroatoms. The molecule has 4 N–H and O–H groups in total. The van der Waals surface area contributed by atoms with Gasteiger partial charge in [-0.25, -0.2) is 0 Å². The van der Waals surface area contributed by atoms with E-state index in [-0.39, 0.29) is 33.6 Å². The Morgan fingerprint density at radius 1 is 0.480 bits per heavy atom. The number of hydrogen-bond acceptors (Lipinski definition) is 6. The first-order valence-electron chi connectivity index (χ1n) is 17.8. The largest absolute Gasteiger partial charge is 0.507 e. The molecule has 50 heavy (non-hydrogen) atoms. The predicted octanol–water partition coefficient (Wildman–Crippen LogP) is 9.40. The zero-order chi connectivity index (χ0) is 35.6. The van der Waals surface area contributed by atoms with Gasteiger partial charge in [-0.05, 0) is 85.3 Å². The number of nitrogens with one attached hydrogen (secondary N) is 2. The number of hydrogen-bond donors (Lipinski definition) is 4. The lowest BCUT2D eigenvalue weighted by atomic mass is 9.81. The average Bonchev–Trinajstić information content (AvgIpc) is 3.12. The molecular formula is C42H46N2O6. The van der Waals surface area contributed by atoms with E-state index in [0.29, 0.717) is 11.1 Å². The maximum atomic E-state index is 14.2. The number of unbranched alkanes of at least 4 members (excludes halogenated alkanes) is 8. The third kappa shape index (κ3) is 8.30. The molecule has 0 bridgehead atoms. The summed E-state index contributed by atoms with van der Waals surface area (Å²) in [5.74, 6) is -3.46. The normalized spacial score (nSPS) is 12.0. The lowest BCUT2D eigenvalue weighted by Gasteiger charge is -2.24. The Balaban J connectivity index is 1.35. The Morgan fingerprint density at radius 2 is 0.840 bits per heavy atom. The van der Waals surface area contributed by atoms with Gasteiger partial charge in [-0.15, -0.1) is 0 Å². The van der Waals surface area contributed by atoms with E-state index in [1.54, 1.807) is 24.3 Å². The molecule has 0 saturated heterocycles. The Bertz CT molecular complexity index is 1730. The molecule has 0 aromatic heterocycles. The van der Waals surface area contributed by atoms with Crippen molar-refractivity contribution in [1.82, 2.24) is 0 Å². The van der Waals surface area contributed by atoms with E-state index in [9.17, 15) is 29.4 Å². The highest BCUT2D eigenvalue weighted by atomic mass is 16.3. The minimum atomic E-state index is -0.802. The fraction of sp³-hybridized carbons (Fsp3) is 0.333. The van der Waals surface area contributed by atoms with Gasteiger partial charge < -0.3 is 20.8 Å². The average molecular weight is 675 g/mol. The minimum absolute atomic E-state index is 0.0257. The monoisotopic (exact) mass is 674 g/mol. The lowest BCUT2D eigenvalue weighted by Crippen LogP contribution is -2.26. The van der Waals surface area contributed by atoms with E-state index in [1.165, 1.54) is 62.8 Å². The van der Waals surface area contributed by atoms with Crippen LogP contribution in [-0.2, 0) is 12.8 Å². The van der Waals surface area contributed by atoms with Gasteiger partial charge in [0.05, 0.1) is 33.6 Å². The summed E-state index contributed by atoms with van der Waals surface area (Å²) in [6.45, 7) is 4.37. The van der Waals surface area contributed by atoms with Gasteiger partial charge in [0.1, 0.15) is 11.5 Å². The molecule has 0 heterocycles. The molecule has 5 rings (SSSR count). The van der Waals surface area contributed by atoms with E-state index in [2.05, 4.69) is 24.5 Å². The number of ketones is 2. The van der Waals surface area contributed by atoms with Crippen molar-refractivity contribution in [3.63, 3.8) is 0 Å². The smallest absolute Gasteiger partial charge is 0.255 e. The molecule has 260 valence electrons. The number of fused-ring (bicyclic) bond motifs is 2. The topological polar surface area (TPSA) is 133 Å². The van der Waals surface area contributed by atoms with Gasteiger partial charge in [0.25, 0.3) is 11.8 Å². The lowest BCUT2D eigenvalue weighted by molar-refractivity contribution is 0.0973. The van der Waals surface area contributed by atoms with Crippen LogP contribution in [0.15, 0.2) is 72.8 Å². The van der Waals surface area contributed by atoms with Crippen molar-refractivity contribution < 1.29 is 29.4 Å². The van der Waals surface area contributed by atoms with E-state index in [0.717, 1.165) is 49.7 Å². The summed E-state index contributed by atoms with van der Waals surface area (Å²) in [5, 5.41) is 26.9. The predicted molar refractivity (Wildman–Crippen MR) is 197 cm³/mol. The molecule has 0 fully saturated rings. The molecule has 0 atom stereocenters. The number of amides is 2. The second kappa shape index (κ2) is 16.9. The zero-order valence-electron chi connectivity index (χ0n) is 28.9. The highest BCUT2D eigenvalue weighted by molar-refractivity contribution is 6.34. The first-order valence-corrected chi connectivity index (χ1v) is 17.8. The summed E-state index contributed by atoms with van der Waals surface area (Å²) < 4.78 is 0. The number of rotatable bonds is 16. The number of aryl methyl sites for hydroxylation is 2. The van der Waals surface area contributed by atoms with E-state index in [4.69, 9.17) is 0 Å². The van der Waals surface area contributed by atoms with Crippen molar-refractivity contribution in [3.05, 3.63) is 117 Å². The highest BCUT2D eigenvalue weighted by Gasteiger charge is 2.38. The summed E-state index contributed by atoms with van der Waals surface area (Å²) in [6.07, 6.45) is 13.6. The number of benzene rings is 4. The van der Waals surface area contributed by atoms with Gasteiger partial charge in [-0.3, -0.25) is 19.2 Å². The Morgan fingerprint density at radius 3 is 1.22 bits per heavy atom. The maximum absolute atomic E-state index is 14.2. The molecule has 0 unspecified atom stereocenters. The van der Waals surface area contributed by atoms with Crippen LogP contribution in [0.4, 0.5) is 11.4 Å². The third-order valence-corrected chi connectivity index (χ3v) is 9.34. The van der Waals surface area contributed by atoms with Crippen LogP contribution in [0.25, 0.3) is 0 Å². The minimum Gasteiger partial charge on any atom is -0.507 e. The van der Waals surface area contributed by atoms with Gasteiger partial charge in [0.2, 0.25) is 5.78 Å². The first-order chi connectivity index (χ1) is 24.2. The molecule has 0 aliphatic heterocycles. The van der Waals surface area contributed by atoms with E-state index in [1.807, 2.05) is 24.3 Å². The van der Waals surface area contributed by atoms with Crippen LogP contribution in [-0.4, -0.2) is 33.6 Å². The first kappa shape index (κ1) is 36.1. The molecule has 0 radical (unpaired) electrons. The molecule has 4 aromatic carbocycles. The summed E-state index contributed by atoms with van der Waals surface area (Å²) in [7, 11) is 0. The molecule has 4 aromatic rings. The fourth-order valence-corrected chi connectivity index (χ4v) is 6.47. The molecule has 1 aliphatic carbocycles. The standard InChI is InChI=1S/C42H46N2O6/c1-3-5-7-9-11-13-27-15-19-29(20-16-27)41(49)43-31-23-25-33(45)37-35(31)39(47)36-32(24-26-34(46)38(36)40(37)48)44-42(50)30-21-17-28(18-22-30)14-12-10-8-6-4-2/h15-26,45-46H,3-14H2,1-2H3,(H,43,49)(H,44,50).